The monoisotopic (exact) mass is 289 g/mol. The van der Waals surface area contributed by atoms with E-state index in [1.807, 2.05) is 30.3 Å². The summed E-state index contributed by atoms with van der Waals surface area (Å²) in [5.41, 5.74) is 2.46. The van der Waals surface area contributed by atoms with Gasteiger partial charge >= 0.3 is 6.09 Å². The quantitative estimate of drug-likeness (QED) is 0.853. The van der Waals surface area contributed by atoms with Crippen LogP contribution >= 0.6 is 11.6 Å². The highest BCUT2D eigenvalue weighted by Crippen LogP contribution is 2.21. The van der Waals surface area contributed by atoms with Gasteiger partial charge in [0.1, 0.15) is 11.8 Å². The normalized spacial score (nSPS) is 13.2. The van der Waals surface area contributed by atoms with Crippen molar-refractivity contribution >= 4 is 17.7 Å². The van der Waals surface area contributed by atoms with Gasteiger partial charge in [0.15, 0.2) is 0 Å². The number of hydrogen-bond donors (Lipinski definition) is 0. The molecule has 0 bridgehead atoms. The van der Waals surface area contributed by atoms with Crippen LogP contribution in [0.15, 0.2) is 36.5 Å². The van der Waals surface area contributed by atoms with E-state index in [0.717, 1.165) is 17.0 Å². The molecule has 2 aromatic rings. The van der Waals surface area contributed by atoms with E-state index in [2.05, 4.69) is 9.97 Å². The number of halogens is 1. The Morgan fingerprint density at radius 1 is 1.25 bits per heavy atom. The zero-order valence-electron chi connectivity index (χ0n) is 10.6. The Balaban J connectivity index is 1.60. The average molecular weight is 290 g/mol. The van der Waals surface area contributed by atoms with E-state index >= 15 is 0 Å². The smallest absolute Gasteiger partial charge is 0.410 e. The van der Waals surface area contributed by atoms with Crippen LogP contribution in [0.2, 0.25) is 5.15 Å². The van der Waals surface area contributed by atoms with E-state index in [-0.39, 0.29) is 12.7 Å². The topological polar surface area (TPSA) is 55.3 Å². The Morgan fingerprint density at radius 3 is 2.80 bits per heavy atom. The number of amides is 1. The first kappa shape index (κ1) is 12.9. The number of rotatable bonds is 2. The molecule has 1 aromatic carbocycles. The lowest BCUT2D eigenvalue weighted by Gasteiger charge is -2.14. The third-order valence-corrected chi connectivity index (χ3v) is 3.23. The third-order valence-electron chi connectivity index (χ3n) is 3.05. The largest absolute Gasteiger partial charge is 0.445 e. The van der Waals surface area contributed by atoms with Crippen LogP contribution in [0.5, 0.6) is 0 Å². The third kappa shape index (κ3) is 2.72. The van der Waals surface area contributed by atoms with Crippen molar-refractivity contribution < 1.29 is 9.53 Å². The van der Waals surface area contributed by atoms with Gasteiger partial charge in [-0.15, -0.1) is 0 Å². The van der Waals surface area contributed by atoms with Crippen molar-refractivity contribution in [1.82, 2.24) is 14.9 Å². The molecule has 0 saturated heterocycles. The number of benzene rings is 1. The summed E-state index contributed by atoms with van der Waals surface area (Å²) in [4.78, 5) is 21.9. The van der Waals surface area contributed by atoms with Gasteiger partial charge in [0, 0.05) is 0 Å². The number of aromatic nitrogens is 2. The standard InChI is InChI=1S/C14H12ClN3O2/c15-13-6-16-11-7-18(8-12(11)17-13)14(19)20-9-10-4-2-1-3-5-10/h1-6H,7-9H2. The van der Waals surface area contributed by atoms with E-state index in [4.69, 9.17) is 16.3 Å². The number of hydrogen-bond acceptors (Lipinski definition) is 4. The highest BCUT2D eigenvalue weighted by Gasteiger charge is 2.26. The maximum atomic E-state index is 12.0. The van der Waals surface area contributed by atoms with Gasteiger partial charge in [-0.25, -0.2) is 9.78 Å². The van der Waals surface area contributed by atoms with Crippen LogP contribution in [0.4, 0.5) is 4.79 Å². The SMILES string of the molecule is O=C(OCc1ccccc1)N1Cc2ncc(Cl)nc2C1. The molecule has 0 radical (unpaired) electrons. The molecule has 102 valence electrons. The molecule has 1 aromatic heterocycles. The molecule has 1 aliphatic heterocycles. The molecule has 0 saturated carbocycles. The minimum Gasteiger partial charge on any atom is -0.445 e. The zero-order chi connectivity index (χ0) is 13.9. The molecule has 0 spiro atoms. The number of carbonyl (C=O) groups excluding carboxylic acids is 1. The van der Waals surface area contributed by atoms with Crippen LogP contribution < -0.4 is 0 Å². The van der Waals surface area contributed by atoms with Crippen molar-refractivity contribution in [3.8, 4) is 0 Å². The Hall–Kier alpha value is -2.14. The van der Waals surface area contributed by atoms with Crippen LogP contribution in [0, 0.1) is 0 Å². The first-order valence-electron chi connectivity index (χ1n) is 6.18. The van der Waals surface area contributed by atoms with Gasteiger partial charge in [-0.1, -0.05) is 41.9 Å². The van der Waals surface area contributed by atoms with Crippen molar-refractivity contribution in [3.05, 3.63) is 58.6 Å². The van der Waals surface area contributed by atoms with E-state index in [0.29, 0.717) is 18.2 Å². The van der Waals surface area contributed by atoms with Crippen LogP contribution in [-0.4, -0.2) is 21.0 Å². The Morgan fingerprint density at radius 2 is 2.00 bits per heavy atom. The van der Waals surface area contributed by atoms with Crippen LogP contribution in [0.3, 0.4) is 0 Å². The molecular weight excluding hydrogens is 278 g/mol. The van der Waals surface area contributed by atoms with Gasteiger partial charge in [0.2, 0.25) is 0 Å². The van der Waals surface area contributed by atoms with Gasteiger partial charge in [0.05, 0.1) is 30.7 Å². The van der Waals surface area contributed by atoms with Crippen LogP contribution in [0.1, 0.15) is 17.0 Å². The van der Waals surface area contributed by atoms with E-state index in [1.54, 1.807) is 4.90 Å². The lowest BCUT2D eigenvalue weighted by molar-refractivity contribution is 0.0951. The molecule has 0 unspecified atom stereocenters. The second-order valence-electron chi connectivity index (χ2n) is 4.48. The second kappa shape index (κ2) is 5.46. The lowest BCUT2D eigenvalue weighted by atomic mass is 10.2. The van der Waals surface area contributed by atoms with Gasteiger partial charge in [-0.05, 0) is 5.56 Å². The predicted molar refractivity (Wildman–Crippen MR) is 72.9 cm³/mol. The van der Waals surface area contributed by atoms with Gasteiger partial charge in [-0.3, -0.25) is 9.88 Å². The van der Waals surface area contributed by atoms with E-state index < -0.39 is 0 Å². The minimum absolute atomic E-state index is 0.258. The molecule has 1 amide bonds. The first-order chi connectivity index (χ1) is 9.72. The van der Waals surface area contributed by atoms with E-state index in [9.17, 15) is 4.79 Å². The zero-order valence-corrected chi connectivity index (χ0v) is 11.4. The van der Waals surface area contributed by atoms with Gasteiger partial charge < -0.3 is 4.74 Å². The molecule has 2 heterocycles. The fourth-order valence-electron chi connectivity index (χ4n) is 2.04. The fraction of sp³-hybridized carbons (Fsp3) is 0.214. The van der Waals surface area contributed by atoms with Gasteiger partial charge in [0.25, 0.3) is 0 Å². The average Bonchev–Trinajstić information content (AvgIpc) is 2.89. The molecule has 6 heteroatoms. The van der Waals surface area contributed by atoms with Gasteiger partial charge in [-0.2, -0.15) is 0 Å². The summed E-state index contributed by atoms with van der Waals surface area (Å²) in [7, 11) is 0. The first-order valence-corrected chi connectivity index (χ1v) is 6.56. The summed E-state index contributed by atoms with van der Waals surface area (Å²) >= 11 is 5.78. The highest BCUT2D eigenvalue weighted by atomic mass is 35.5. The summed E-state index contributed by atoms with van der Waals surface area (Å²) in [5, 5.41) is 0.336. The summed E-state index contributed by atoms with van der Waals surface area (Å²) in [6, 6.07) is 9.56. The molecule has 0 N–H and O–H groups in total. The Bertz CT molecular complexity index is 634. The molecule has 0 fully saturated rings. The molecule has 1 aliphatic rings. The Labute approximate surface area is 121 Å². The number of carbonyl (C=O) groups is 1. The summed E-state index contributed by atoms with van der Waals surface area (Å²) in [5.74, 6) is 0. The predicted octanol–water partition coefficient (Wildman–Crippen LogP) is 2.78. The van der Waals surface area contributed by atoms with Crippen LogP contribution in [0.25, 0.3) is 0 Å². The van der Waals surface area contributed by atoms with Crippen molar-refractivity contribution in [2.75, 3.05) is 0 Å². The number of nitrogens with zero attached hydrogens (tertiary/aromatic N) is 3. The maximum Gasteiger partial charge on any atom is 0.410 e. The fourth-order valence-corrected chi connectivity index (χ4v) is 2.19. The maximum absolute atomic E-state index is 12.0. The summed E-state index contributed by atoms with van der Waals surface area (Å²) < 4.78 is 5.27. The molecule has 20 heavy (non-hydrogen) atoms. The van der Waals surface area contributed by atoms with E-state index in [1.165, 1.54) is 6.20 Å². The molecule has 5 nitrogen and oxygen atoms in total. The minimum atomic E-state index is -0.371. The molecule has 3 rings (SSSR count). The van der Waals surface area contributed by atoms with Crippen molar-refractivity contribution in [1.29, 1.82) is 0 Å². The highest BCUT2D eigenvalue weighted by molar-refractivity contribution is 6.29. The second-order valence-corrected chi connectivity index (χ2v) is 4.87. The lowest BCUT2D eigenvalue weighted by Crippen LogP contribution is -2.26. The molecule has 0 aliphatic carbocycles. The summed E-state index contributed by atoms with van der Waals surface area (Å²) in [6.45, 7) is 1.05. The van der Waals surface area contributed by atoms with Crippen molar-refractivity contribution in [2.24, 2.45) is 0 Å². The number of fused-ring (bicyclic) bond motifs is 1. The summed E-state index contributed by atoms with van der Waals surface area (Å²) in [6.07, 6.45) is 1.11. The van der Waals surface area contributed by atoms with Crippen LogP contribution in [-0.2, 0) is 24.4 Å². The molecular formula is C14H12ClN3O2. The van der Waals surface area contributed by atoms with Crippen molar-refractivity contribution in [3.63, 3.8) is 0 Å². The number of ether oxygens (including phenoxy) is 1. The van der Waals surface area contributed by atoms with Crippen molar-refractivity contribution in [2.45, 2.75) is 19.7 Å². The Kier molecular flexibility index (Phi) is 3.52. The molecule has 0 atom stereocenters.